The largest absolute Gasteiger partial charge is 0.497 e. The summed E-state index contributed by atoms with van der Waals surface area (Å²) >= 11 is 0. The van der Waals surface area contributed by atoms with Gasteiger partial charge in [-0.05, 0) is 43.5 Å². The molecule has 0 aromatic heterocycles. The molecule has 182 valence electrons. The number of methoxy groups -OCH3 is 2. The van der Waals surface area contributed by atoms with Gasteiger partial charge in [-0.3, -0.25) is 9.59 Å². The maximum Gasteiger partial charge on any atom is 0.262 e. The molecule has 2 aliphatic heterocycles. The minimum absolute atomic E-state index is 0.0563. The zero-order valence-electron chi connectivity index (χ0n) is 19.2. The molecule has 4 rings (SSSR count). The molecule has 1 fully saturated rings. The van der Waals surface area contributed by atoms with Crippen molar-refractivity contribution in [1.82, 2.24) is 4.31 Å². The Labute approximate surface area is 198 Å². The SMILES string of the molecule is COc1ccc(NC(=O)C2CCCN(S(=O)(=O)c3cc4c(cc3C)NC(=O)CO4)C2)c(OC)c1. The van der Waals surface area contributed by atoms with E-state index in [1.807, 2.05) is 0 Å². The number of ether oxygens (including phenoxy) is 3. The highest BCUT2D eigenvalue weighted by Crippen LogP contribution is 2.35. The number of sulfonamides is 1. The Morgan fingerprint density at radius 3 is 2.74 bits per heavy atom. The number of amides is 2. The van der Waals surface area contributed by atoms with E-state index in [9.17, 15) is 18.0 Å². The van der Waals surface area contributed by atoms with Crippen LogP contribution in [0, 0.1) is 12.8 Å². The van der Waals surface area contributed by atoms with E-state index < -0.39 is 15.9 Å². The average Bonchev–Trinajstić information content (AvgIpc) is 2.83. The molecular weight excluding hydrogens is 462 g/mol. The van der Waals surface area contributed by atoms with Gasteiger partial charge in [0.05, 0.1) is 36.4 Å². The molecular formula is C23H27N3O7S. The second-order valence-corrected chi connectivity index (χ2v) is 10.1. The van der Waals surface area contributed by atoms with Crippen LogP contribution in [0.4, 0.5) is 11.4 Å². The second-order valence-electron chi connectivity index (χ2n) is 8.21. The molecule has 11 heteroatoms. The van der Waals surface area contributed by atoms with Gasteiger partial charge in [0.1, 0.15) is 17.2 Å². The number of aryl methyl sites for hydroxylation is 1. The number of hydrogen-bond acceptors (Lipinski definition) is 7. The number of rotatable bonds is 6. The number of hydrogen-bond donors (Lipinski definition) is 2. The molecule has 0 aliphatic carbocycles. The van der Waals surface area contributed by atoms with E-state index in [4.69, 9.17) is 14.2 Å². The van der Waals surface area contributed by atoms with E-state index in [2.05, 4.69) is 10.6 Å². The van der Waals surface area contributed by atoms with Crippen LogP contribution >= 0.6 is 0 Å². The van der Waals surface area contributed by atoms with Crippen LogP contribution in [0.3, 0.4) is 0 Å². The monoisotopic (exact) mass is 489 g/mol. The minimum atomic E-state index is -3.88. The first-order valence-corrected chi connectivity index (χ1v) is 12.3. The highest BCUT2D eigenvalue weighted by molar-refractivity contribution is 7.89. The van der Waals surface area contributed by atoms with Gasteiger partial charge in [-0.15, -0.1) is 0 Å². The molecule has 1 unspecified atom stereocenters. The van der Waals surface area contributed by atoms with E-state index >= 15 is 0 Å². The zero-order chi connectivity index (χ0) is 24.5. The molecule has 10 nitrogen and oxygen atoms in total. The molecule has 2 heterocycles. The van der Waals surface area contributed by atoms with E-state index in [1.54, 1.807) is 31.2 Å². The zero-order valence-corrected chi connectivity index (χ0v) is 20.0. The summed E-state index contributed by atoms with van der Waals surface area (Å²) in [5.74, 6) is 0.251. The van der Waals surface area contributed by atoms with E-state index in [0.29, 0.717) is 53.6 Å². The fourth-order valence-corrected chi connectivity index (χ4v) is 5.89. The van der Waals surface area contributed by atoms with Crippen molar-refractivity contribution in [3.05, 3.63) is 35.9 Å². The van der Waals surface area contributed by atoms with Crippen molar-refractivity contribution in [2.75, 3.05) is 44.5 Å². The average molecular weight is 490 g/mol. The molecule has 34 heavy (non-hydrogen) atoms. The van der Waals surface area contributed by atoms with Crippen LogP contribution in [0.1, 0.15) is 18.4 Å². The van der Waals surface area contributed by atoms with Crippen molar-refractivity contribution in [3.63, 3.8) is 0 Å². The van der Waals surface area contributed by atoms with Gasteiger partial charge in [0.2, 0.25) is 15.9 Å². The molecule has 2 aliphatic rings. The quantitative estimate of drug-likeness (QED) is 0.639. The van der Waals surface area contributed by atoms with E-state index in [1.165, 1.54) is 24.6 Å². The fourth-order valence-electron chi connectivity index (χ4n) is 4.14. The number of benzene rings is 2. The molecule has 1 saturated heterocycles. The van der Waals surface area contributed by atoms with Crippen LogP contribution in [0.15, 0.2) is 35.2 Å². The summed E-state index contributed by atoms with van der Waals surface area (Å²) in [7, 11) is -0.848. The van der Waals surface area contributed by atoms with Gasteiger partial charge in [-0.1, -0.05) is 0 Å². The smallest absolute Gasteiger partial charge is 0.262 e. The first kappa shape index (κ1) is 23.8. The van der Waals surface area contributed by atoms with Crippen molar-refractivity contribution < 1.29 is 32.2 Å². The van der Waals surface area contributed by atoms with Crippen LogP contribution in [0.5, 0.6) is 17.2 Å². The van der Waals surface area contributed by atoms with E-state index in [0.717, 1.165) is 0 Å². The Balaban J connectivity index is 1.52. The van der Waals surface area contributed by atoms with E-state index in [-0.39, 0.29) is 29.9 Å². The number of piperidine rings is 1. The summed E-state index contributed by atoms with van der Waals surface area (Å²) in [6, 6.07) is 8.08. The third-order valence-corrected chi connectivity index (χ3v) is 7.96. The predicted molar refractivity (Wildman–Crippen MR) is 125 cm³/mol. The number of fused-ring (bicyclic) bond motifs is 1. The first-order chi connectivity index (χ1) is 16.2. The van der Waals surface area contributed by atoms with Gasteiger partial charge in [0.25, 0.3) is 5.91 Å². The maximum atomic E-state index is 13.5. The highest BCUT2D eigenvalue weighted by atomic mass is 32.2. The van der Waals surface area contributed by atoms with Crippen molar-refractivity contribution >= 4 is 33.2 Å². The Bertz CT molecular complexity index is 1230. The Morgan fingerprint density at radius 2 is 2.00 bits per heavy atom. The highest BCUT2D eigenvalue weighted by Gasteiger charge is 2.35. The first-order valence-electron chi connectivity index (χ1n) is 10.8. The molecule has 1 atom stereocenters. The van der Waals surface area contributed by atoms with Crippen molar-refractivity contribution in [1.29, 1.82) is 0 Å². The van der Waals surface area contributed by atoms with Gasteiger partial charge in [0.15, 0.2) is 6.61 Å². The Hall–Kier alpha value is -3.31. The molecule has 2 amide bonds. The van der Waals surface area contributed by atoms with Crippen LogP contribution < -0.4 is 24.8 Å². The van der Waals surface area contributed by atoms with Crippen LogP contribution in [-0.4, -0.2) is 58.5 Å². The molecule has 0 saturated carbocycles. The third-order valence-electron chi connectivity index (χ3n) is 5.95. The van der Waals surface area contributed by atoms with Gasteiger partial charge in [-0.25, -0.2) is 8.42 Å². The maximum absolute atomic E-state index is 13.5. The molecule has 0 radical (unpaired) electrons. The second kappa shape index (κ2) is 9.51. The molecule has 2 aromatic rings. The van der Waals surface area contributed by atoms with Crippen LogP contribution in [-0.2, 0) is 19.6 Å². The Kier molecular flexibility index (Phi) is 6.67. The summed E-state index contributed by atoms with van der Waals surface area (Å²) in [6.07, 6.45) is 1.11. The van der Waals surface area contributed by atoms with Crippen LogP contribution in [0.2, 0.25) is 0 Å². The number of carbonyl (C=O) groups excluding carboxylic acids is 2. The van der Waals surface area contributed by atoms with Crippen molar-refractivity contribution in [2.24, 2.45) is 5.92 Å². The topological polar surface area (TPSA) is 123 Å². The lowest BCUT2D eigenvalue weighted by atomic mass is 9.98. The van der Waals surface area contributed by atoms with Gasteiger partial charge < -0.3 is 24.8 Å². The van der Waals surface area contributed by atoms with Crippen LogP contribution in [0.25, 0.3) is 0 Å². The molecule has 2 aromatic carbocycles. The Morgan fingerprint density at radius 1 is 1.21 bits per heavy atom. The lowest BCUT2D eigenvalue weighted by molar-refractivity contribution is -0.121. The normalized spacial score (nSPS) is 18.3. The van der Waals surface area contributed by atoms with Gasteiger partial charge in [-0.2, -0.15) is 4.31 Å². The number of anilines is 2. The fraction of sp³-hybridized carbons (Fsp3) is 0.391. The predicted octanol–water partition coefficient (Wildman–Crippen LogP) is 2.38. The standard InChI is InChI=1S/C23H27N3O7S/c1-14-9-18-20(33-13-22(27)24-18)11-21(14)34(29,30)26-8-4-5-15(12-26)23(28)25-17-7-6-16(31-2)10-19(17)32-3/h6-7,9-11,15H,4-5,8,12-13H2,1-3H3,(H,24,27)(H,25,28). The summed E-state index contributed by atoms with van der Waals surface area (Å²) in [4.78, 5) is 24.7. The van der Waals surface area contributed by atoms with Gasteiger partial charge >= 0.3 is 0 Å². The molecule has 0 bridgehead atoms. The minimum Gasteiger partial charge on any atom is -0.497 e. The molecule has 0 spiro atoms. The van der Waals surface area contributed by atoms with Crippen molar-refractivity contribution in [2.45, 2.75) is 24.7 Å². The van der Waals surface area contributed by atoms with Crippen molar-refractivity contribution in [3.8, 4) is 17.2 Å². The lowest BCUT2D eigenvalue weighted by Gasteiger charge is -2.32. The molecule has 2 N–H and O–H groups in total. The van der Waals surface area contributed by atoms with Gasteiger partial charge in [0, 0.05) is 25.2 Å². The summed E-state index contributed by atoms with van der Waals surface area (Å²) < 4.78 is 44.2. The summed E-state index contributed by atoms with van der Waals surface area (Å²) in [5, 5.41) is 5.53. The number of nitrogens with zero attached hydrogens (tertiary/aromatic N) is 1. The number of nitrogens with one attached hydrogen (secondary N) is 2. The number of carbonyl (C=O) groups is 2. The summed E-state index contributed by atoms with van der Waals surface area (Å²) in [5.41, 5.74) is 1.41. The summed E-state index contributed by atoms with van der Waals surface area (Å²) in [6.45, 7) is 1.86. The lowest BCUT2D eigenvalue weighted by Crippen LogP contribution is -2.44. The third kappa shape index (κ3) is 4.66.